The number of esters is 4. The summed E-state index contributed by atoms with van der Waals surface area (Å²) in [5, 5.41) is 201. The van der Waals surface area contributed by atoms with Gasteiger partial charge in [-0.15, -0.1) is 0 Å². The summed E-state index contributed by atoms with van der Waals surface area (Å²) in [5.41, 5.74) is 0. The van der Waals surface area contributed by atoms with Crippen LogP contribution in [-0.4, -0.2) is 369 Å². The normalized spacial score (nSPS) is 32.9. The van der Waals surface area contributed by atoms with Crippen LogP contribution < -0.4 is 0 Å². The highest BCUT2D eigenvalue weighted by atomic mass is 16.8. The first-order valence-electron chi connectivity index (χ1n) is 49.1. The molecule has 6 heterocycles. The van der Waals surface area contributed by atoms with Gasteiger partial charge in [0, 0.05) is 39.4 Å². The fraction of sp³-hybridized carbons (Fsp3) is 0.895. The van der Waals surface area contributed by atoms with E-state index in [0.29, 0.717) is 25.9 Å². The highest BCUT2D eigenvalue weighted by Gasteiger charge is 2.55. The van der Waals surface area contributed by atoms with E-state index in [1.165, 1.54) is 77.6 Å². The lowest BCUT2D eigenvalue weighted by Gasteiger charge is -2.46. The van der Waals surface area contributed by atoms with Gasteiger partial charge >= 0.3 is 23.9 Å². The van der Waals surface area contributed by atoms with Gasteiger partial charge in [0.1, 0.15) is 135 Å². The lowest BCUT2D eigenvalue weighted by atomic mass is 9.95. The lowest BCUT2D eigenvalue weighted by Crippen LogP contribution is -2.64. The number of rotatable bonds is 63. The third-order valence-corrected chi connectivity index (χ3v) is 24.8. The van der Waals surface area contributed by atoms with E-state index in [1.807, 2.05) is 6.92 Å². The van der Waals surface area contributed by atoms with Crippen molar-refractivity contribution in [3.05, 3.63) is 36.5 Å². The first-order valence-corrected chi connectivity index (χ1v) is 49.1. The van der Waals surface area contributed by atoms with E-state index < -0.39 is 247 Å². The molecule has 13 unspecified atom stereocenters. The van der Waals surface area contributed by atoms with Crippen molar-refractivity contribution in [2.75, 3.05) is 52.9 Å². The van der Waals surface area contributed by atoms with Crippen LogP contribution in [0.2, 0.25) is 0 Å². The van der Waals surface area contributed by atoms with Crippen LogP contribution in [0.25, 0.3) is 0 Å². The van der Waals surface area contributed by atoms with E-state index in [0.717, 1.165) is 154 Å². The van der Waals surface area contributed by atoms with Crippen molar-refractivity contribution in [3.63, 3.8) is 0 Å². The zero-order valence-corrected chi connectivity index (χ0v) is 78.9. The topological polar surface area (TPSA) is 593 Å². The third-order valence-electron chi connectivity index (χ3n) is 24.8. The summed E-state index contributed by atoms with van der Waals surface area (Å²) in [4.78, 5) is 49.0. The predicted octanol–water partition coefficient (Wildman–Crippen LogP) is 4.27. The molecule has 6 fully saturated rings. The molecule has 0 bridgehead atoms. The van der Waals surface area contributed by atoms with Gasteiger partial charge in [-0.1, -0.05) is 165 Å². The summed E-state index contributed by atoms with van der Waals surface area (Å²) in [7, 11) is 0. The first kappa shape index (κ1) is 120. The average Bonchev–Trinajstić information content (AvgIpc) is 0.792. The van der Waals surface area contributed by atoms with Crippen LogP contribution in [0.5, 0.6) is 0 Å². The number of carbonyl (C=O) groups is 4. The van der Waals surface area contributed by atoms with E-state index >= 15 is 0 Å². The van der Waals surface area contributed by atoms with Gasteiger partial charge in [0.05, 0.1) is 57.5 Å². The van der Waals surface area contributed by atoms with Crippen LogP contribution in [0, 0.1) is 0 Å². The first-order chi connectivity index (χ1) is 63.4. The second-order valence-corrected chi connectivity index (χ2v) is 36.0. The van der Waals surface area contributed by atoms with Crippen LogP contribution in [0.3, 0.4) is 0 Å². The number of unbranched alkanes of at least 4 members (excludes halogenated alkanes) is 31. The molecule has 0 radical (unpaired) electrons. The number of aliphatic hydroxyl groups excluding tert-OH is 20. The van der Waals surface area contributed by atoms with Crippen molar-refractivity contribution in [2.45, 2.75) is 488 Å². The highest BCUT2D eigenvalue weighted by molar-refractivity contribution is 5.70. The summed E-state index contributed by atoms with van der Waals surface area (Å²) in [6.45, 7) is 5.02. The van der Waals surface area contributed by atoms with Gasteiger partial charge in [0.2, 0.25) is 0 Å². The summed E-state index contributed by atoms with van der Waals surface area (Å²) >= 11 is 0. The Labute approximate surface area is 780 Å². The second-order valence-electron chi connectivity index (χ2n) is 36.0. The van der Waals surface area contributed by atoms with Crippen LogP contribution in [0.1, 0.15) is 298 Å². The number of aliphatic hydroxyl groups is 20. The maximum absolute atomic E-state index is 12.6. The molecular weight excluding hydrogens is 1730 g/mol. The number of hydrogen-bond acceptors (Lipinski definition) is 37. The molecule has 0 aromatic rings. The Morgan fingerprint density at radius 1 is 0.280 bits per heavy atom. The molecule has 0 spiro atoms. The molecule has 6 aliphatic heterocycles. The van der Waals surface area contributed by atoms with Gasteiger partial charge in [0.15, 0.2) is 37.2 Å². The molecule has 0 amide bonds. The molecule has 37 nitrogen and oxygen atoms in total. The zero-order valence-electron chi connectivity index (χ0n) is 78.9. The van der Waals surface area contributed by atoms with Crippen LogP contribution in [0.15, 0.2) is 36.5 Å². The Morgan fingerprint density at radius 2 is 0.508 bits per heavy atom. The van der Waals surface area contributed by atoms with Crippen molar-refractivity contribution in [1.82, 2.24) is 0 Å². The summed E-state index contributed by atoms with van der Waals surface area (Å²) in [5.74, 6) is -2.37. The lowest BCUT2D eigenvalue weighted by molar-refractivity contribution is -0.341. The predicted molar refractivity (Wildman–Crippen MR) is 480 cm³/mol. The molecule has 6 rings (SSSR count). The Kier molecular flexibility index (Phi) is 64.3. The minimum Gasteiger partial charge on any atom is -0.463 e. The molecule has 37 heteroatoms. The van der Waals surface area contributed by atoms with Crippen LogP contribution in [-0.2, 0) is 80.8 Å². The monoisotopic (exact) mass is 1900 g/mol. The minimum atomic E-state index is -1.71. The zero-order chi connectivity index (χ0) is 97.3. The summed E-state index contributed by atoms with van der Waals surface area (Å²) < 4.78 is 71.6. The molecular formula is C95H170O37. The Balaban J connectivity index is 0.000000415. The molecule has 132 heavy (non-hydrogen) atoms. The maximum atomic E-state index is 12.6. The van der Waals surface area contributed by atoms with Gasteiger partial charge in [-0.05, 0) is 143 Å². The highest BCUT2D eigenvalue weighted by Crippen LogP contribution is 2.36. The van der Waals surface area contributed by atoms with Crippen molar-refractivity contribution in [2.24, 2.45) is 0 Å². The van der Waals surface area contributed by atoms with Gasteiger partial charge in [-0.25, -0.2) is 0 Å². The van der Waals surface area contributed by atoms with E-state index in [4.69, 9.17) is 71.8 Å². The largest absolute Gasteiger partial charge is 0.463 e. The van der Waals surface area contributed by atoms with E-state index in [9.17, 15) is 111 Å². The third kappa shape index (κ3) is 45.0. The molecule has 0 aromatic heterocycles. The molecule has 0 aliphatic carbocycles. The Hall–Kier alpha value is -4.06. The van der Waals surface area contributed by atoms with Gasteiger partial charge < -0.3 is 164 Å². The Bertz CT molecular complexity index is 3030. The summed E-state index contributed by atoms with van der Waals surface area (Å²) in [6.07, 6.45) is 13.1. The quantitative estimate of drug-likeness (QED) is 0.0175. The fourth-order valence-electron chi connectivity index (χ4n) is 16.7. The molecule has 0 aromatic carbocycles. The minimum absolute atomic E-state index is 0.104. The average molecular weight is 1900 g/mol. The van der Waals surface area contributed by atoms with Crippen molar-refractivity contribution < 1.29 is 183 Å². The molecule has 0 saturated carbocycles. The molecule has 772 valence electrons. The van der Waals surface area contributed by atoms with Crippen LogP contribution in [0.4, 0.5) is 0 Å². The number of allylic oxidation sites excluding steroid dienone is 6. The summed E-state index contributed by atoms with van der Waals surface area (Å²) in [6, 6.07) is 0. The van der Waals surface area contributed by atoms with Gasteiger partial charge in [-0.3, -0.25) is 19.2 Å². The number of hydrogen-bond donors (Lipinski definition) is 20. The SMILES string of the molecule is CC(=O)OCC1O[C@@H](OC2[C@H](C)OC(CO)[C@@H](O)[C@@H]2O)C(O)[C@@H](O)[C@@H]1OC(=O)CCCCCCC/C=C/CCCCCCCCO.CC(O)CCCCCC/C=C/CCCCCCCC(=O)O[C@@H]1C(CO)O[C@@H](OC2[C@H](C)OC(CO)[C@@H](O)[C@@H]2O)C(O)[C@H]1O.C[C@@H]1OC(CO)[C@@H](O)[C@H](O)C1O[C@@H]1OC(CO)[C@@H](OC(=O)CCCCCCC/C=C/CCCCCCCCO)[C@H](O)C1O. The van der Waals surface area contributed by atoms with E-state index in [1.54, 1.807) is 20.8 Å². The number of carbonyl (C=O) groups excluding carboxylic acids is 4. The smallest absolute Gasteiger partial charge is 0.306 e. The van der Waals surface area contributed by atoms with E-state index in [-0.39, 0.29) is 32.0 Å². The van der Waals surface area contributed by atoms with Crippen molar-refractivity contribution in [1.29, 1.82) is 0 Å². The standard InChI is InChI=1S/C33H58O13.2C31H56O12/c1-22-31(28(39)27(38)24(20-35)43-22)46-33-30(41)29(40)32(25(44-33)21-42-23(2)36)45-26(37)18-16-14-12-10-8-6-4-3-5-7-9-11-13-15-17-19-34;1-20(34)16-14-12-10-8-6-4-3-5-7-9-11-13-15-17-24(35)42-30-23(19-33)41-31(28(39)27(30)38)43-29-21(2)40-22(18-32)25(36)26(29)37;1-21-29(26(37)25(36)22(19-33)40-21)43-31-28(39)27(38)30(23(20-34)41-31)42-24(35)17-15-13-11-9-7-5-3-2-4-6-8-10-12-14-16-18-32/h3-4,22,24-25,27-35,38-41H,5-21H2,1-2H3;3-4,20-23,25-34,36-39H,5-19H2,1-2H3;2-3,21-23,25-34,36-39H,4-20H2,1H3/b2*4-3+;3-2+/t22-,24?,25?,27+,28-,29+,30?,31?,32+,33-;20?,21-,22?,23?,25+,26-,27+,28?,29?,30+,31-;21-,22?,23?,25+,26-,27+,28?,29?,30+,31-/m000/s1. The van der Waals surface area contributed by atoms with E-state index in [2.05, 4.69) is 36.5 Å². The van der Waals surface area contributed by atoms with Gasteiger partial charge in [0.25, 0.3) is 0 Å². The van der Waals surface area contributed by atoms with Crippen molar-refractivity contribution in [3.8, 4) is 0 Å². The molecule has 20 N–H and O–H groups in total. The second kappa shape index (κ2) is 70.5. The Morgan fingerprint density at radius 3 is 0.758 bits per heavy atom. The van der Waals surface area contributed by atoms with Crippen LogP contribution >= 0.6 is 0 Å². The number of ether oxygens (including phenoxy) is 13. The maximum Gasteiger partial charge on any atom is 0.306 e. The van der Waals surface area contributed by atoms with Gasteiger partial charge in [-0.2, -0.15) is 0 Å². The van der Waals surface area contributed by atoms with Crippen molar-refractivity contribution >= 4 is 23.9 Å². The fourth-order valence-corrected chi connectivity index (χ4v) is 16.7. The molecule has 6 saturated heterocycles. The molecule has 6 aliphatic rings. The molecule has 31 atom stereocenters.